The van der Waals surface area contributed by atoms with Crippen molar-refractivity contribution in [3.63, 3.8) is 0 Å². The first-order chi connectivity index (χ1) is 10.6. The second-order valence-corrected chi connectivity index (χ2v) is 6.82. The molecule has 0 radical (unpaired) electrons. The summed E-state index contributed by atoms with van der Waals surface area (Å²) < 4.78 is 5.18. The fourth-order valence-electron chi connectivity index (χ4n) is 3.98. The summed E-state index contributed by atoms with van der Waals surface area (Å²) in [6.45, 7) is 1.76. The molecule has 0 unspecified atom stereocenters. The SMILES string of the molecule is COc1ccc(N(C)C(=O)[C@@]23CCCC[C@H]2CNC3)cc1Cl.Cl. The summed E-state index contributed by atoms with van der Waals surface area (Å²) in [7, 11) is 3.44. The number of amides is 1. The van der Waals surface area contributed by atoms with E-state index in [1.54, 1.807) is 18.1 Å². The van der Waals surface area contributed by atoms with E-state index in [1.807, 2.05) is 19.2 Å². The smallest absolute Gasteiger partial charge is 0.234 e. The minimum atomic E-state index is -0.237. The standard InChI is InChI=1S/C17H23ClN2O2.ClH/c1-20(13-6-7-15(22-2)14(18)9-13)16(21)17-8-4-3-5-12(17)10-19-11-17;/h6-7,9,12,19H,3-5,8,10-11H2,1-2H3;1H/t12-,17+;/m0./s1. The molecule has 1 heterocycles. The monoisotopic (exact) mass is 358 g/mol. The number of hydrogen-bond donors (Lipinski definition) is 1. The zero-order chi connectivity index (χ0) is 15.7. The summed E-state index contributed by atoms with van der Waals surface area (Å²) in [6, 6.07) is 5.50. The van der Waals surface area contributed by atoms with Gasteiger partial charge in [-0.1, -0.05) is 24.4 Å². The van der Waals surface area contributed by atoms with E-state index in [1.165, 1.54) is 6.42 Å². The molecular weight excluding hydrogens is 335 g/mol. The van der Waals surface area contributed by atoms with Crippen molar-refractivity contribution in [3.05, 3.63) is 23.2 Å². The molecule has 2 fully saturated rings. The highest BCUT2D eigenvalue weighted by Gasteiger charge is 2.51. The first kappa shape index (κ1) is 18.4. The molecule has 1 aliphatic heterocycles. The number of carbonyl (C=O) groups is 1. The lowest BCUT2D eigenvalue weighted by molar-refractivity contribution is -0.130. The highest BCUT2D eigenvalue weighted by atomic mass is 35.5. The Morgan fingerprint density at radius 2 is 2.22 bits per heavy atom. The van der Waals surface area contributed by atoms with Gasteiger partial charge in [0.2, 0.25) is 5.91 Å². The molecular formula is C17H24Cl2N2O2. The first-order valence-corrected chi connectivity index (χ1v) is 8.29. The van der Waals surface area contributed by atoms with Gasteiger partial charge in [0.1, 0.15) is 5.75 Å². The molecule has 0 spiro atoms. The van der Waals surface area contributed by atoms with Crippen LogP contribution in [0.15, 0.2) is 18.2 Å². The van der Waals surface area contributed by atoms with E-state index in [0.29, 0.717) is 16.7 Å². The Bertz CT molecular complexity index is 582. The van der Waals surface area contributed by atoms with Gasteiger partial charge in [-0.15, -0.1) is 12.4 Å². The lowest BCUT2D eigenvalue weighted by Crippen LogP contribution is -2.48. The summed E-state index contributed by atoms with van der Waals surface area (Å²) in [5.74, 6) is 1.30. The number of hydrogen-bond acceptors (Lipinski definition) is 3. The second kappa shape index (κ2) is 7.29. The fourth-order valence-corrected chi connectivity index (χ4v) is 4.24. The zero-order valence-corrected chi connectivity index (χ0v) is 15.2. The van der Waals surface area contributed by atoms with Crippen LogP contribution in [-0.2, 0) is 4.79 Å². The van der Waals surface area contributed by atoms with Crippen LogP contribution in [0.5, 0.6) is 5.75 Å². The number of nitrogens with zero attached hydrogens (tertiary/aromatic N) is 1. The molecule has 1 aliphatic carbocycles. The van der Waals surface area contributed by atoms with Crippen LogP contribution in [0.3, 0.4) is 0 Å². The minimum Gasteiger partial charge on any atom is -0.495 e. The molecule has 3 rings (SSSR count). The molecule has 2 atom stereocenters. The van der Waals surface area contributed by atoms with E-state index in [4.69, 9.17) is 16.3 Å². The number of anilines is 1. The number of nitrogens with one attached hydrogen (secondary N) is 1. The van der Waals surface area contributed by atoms with Crippen molar-refractivity contribution in [2.24, 2.45) is 11.3 Å². The number of ether oxygens (including phenoxy) is 1. The van der Waals surface area contributed by atoms with Crippen molar-refractivity contribution in [1.29, 1.82) is 0 Å². The van der Waals surface area contributed by atoms with Crippen LogP contribution in [0, 0.1) is 11.3 Å². The number of fused-ring (bicyclic) bond motifs is 1. The summed E-state index contributed by atoms with van der Waals surface area (Å²) in [4.78, 5) is 14.9. The van der Waals surface area contributed by atoms with E-state index >= 15 is 0 Å². The largest absolute Gasteiger partial charge is 0.495 e. The lowest BCUT2D eigenvalue weighted by Gasteiger charge is -2.39. The molecule has 6 heteroatoms. The van der Waals surface area contributed by atoms with Crippen molar-refractivity contribution >= 4 is 35.6 Å². The van der Waals surface area contributed by atoms with Crippen molar-refractivity contribution in [3.8, 4) is 5.75 Å². The van der Waals surface area contributed by atoms with Gasteiger partial charge in [-0.05, 0) is 43.5 Å². The van der Waals surface area contributed by atoms with Crippen molar-refractivity contribution in [2.45, 2.75) is 25.7 Å². The van der Waals surface area contributed by atoms with Crippen LogP contribution >= 0.6 is 24.0 Å². The second-order valence-electron chi connectivity index (χ2n) is 6.41. The Morgan fingerprint density at radius 1 is 1.43 bits per heavy atom. The molecule has 23 heavy (non-hydrogen) atoms. The van der Waals surface area contributed by atoms with Crippen molar-refractivity contribution < 1.29 is 9.53 Å². The fraction of sp³-hybridized carbons (Fsp3) is 0.588. The maximum absolute atomic E-state index is 13.2. The molecule has 1 N–H and O–H groups in total. The molecule has 1 saturated heterocycles. The molecule has 1 aromatic rings. The quantitative estimate of drug-likeness (QED) is 0.898. The van der Waals surface area contributed by atoms with Gasteiger partial charge in [0.25, 0.3) is 0 Å². The number of methoxy groups -OCH3 is 1. The molecule has 4 nitrogen and oxygen atoms in total. The van der Waals surface area contributed by atoms with Crippen LogP contribution in [0.1, 0.15) is 25.7 Å². The van der Waals surface area contributed by atoms with E-state index in [0.717, 1.165) is 38.0 Å². The molecule has 2 aliphatic rings. The van der Waals surface area contributed by atoms with E-state index in [-0.39, 0.29) is 23.7 Å². The van der Waals surface area contributed by atoms with Crippen LogP contribution in [0.2, 0.25) is 5.02 Å². The maximum atomic E-state index is 13.2. The van der Waals surface area contributed by atoms with Crippen LogP contribution in [0.25, 0.3) is 0 Å². The van der Waals surface area contributed by atoms with Gasteiger partial charge < -0.3 is 15.0 Å². The Kier molecular flexibility index (Phi) is 5.82. The summed E-state index contributed by atoms with van der Waals surface area (Å²) in [6.07, 6.45) is 4.51. The third-order valence-electron chi connectivity index (χ3n) is 5.29. The Hall–Kier alpha value is -0.970. The molecule has 1 amide bonds. The van der Waals surface area contributed by atoms with Gasteiger partial charge in [0.05, 0.1) is 17.5 Å². The first-order valence-electron chi connectivity index (χ1n) is 7.91. The normalized spacial score (nSPS) is 26.1. The minimum absolute atomic E-state index is 0. The van der Waals surface area contributed by atoms with Crippen LogP contribution in [0.4, 0.5) is 5.69 Å². The Labute approximate surface area is 148 Å². The summed E-state index contributed by atoms with van der Waals surface area (Å²) in [5.41, 5.74) is 0.584. The summed E-state index contributed by atoms with van der Waals surface area (Å²) in [5, 5.41) is 3.96. The van der Waals surface area contributed by atoms with E-state index in [9.17, 15) is 4.79 Å². The predicted molar refractivity (Wildman–Crippen MR) is 95.9 cm³/mol. The van der Waals surface area contributed by atoms with Gasteiger partial charge in [-0.3, -0.25) is 4.79 Å². The third-order valence-corrected chi connectivity index (χ3v) is 5.59. The van der Waals surface area contributed by atoms with Gasteiger partial charge in [-0.2, -0.15) is 0 Å². The Balaban J connectivity index is 0.00000192. The summed E-state index contributed by atoms with van der Waals surface area (Å²) >= 11 is 6.20. The van der Waals surface area contributed by atoms with Crippen LogP contribution < -0.4 is 15.0 Å². The van der Waals surface area contributed by atoms with Gasteiger partial charge >= 0.3 is 0 Å². The molecule has 1 aromatic carbocycles. The highest BCUT2D eigenvalue weighted by molar-refractivity contribution is 6.32. The molecule has 1 saturated carbocycles. The average Bonchev–Trinajstić information content (AvgIpc) is 2.98. The van der Waals surface area contributed by atoms with Gasteiger partial charge in [0.15, 0.2) is 0 Å². The van der Waals surface area contributed by atoms with Gasteiger partial charge in [-0.25, -0.2) is 0 Å². The molecule has 128 valence electrons. The van der Waals surface area contributed by atoms with Gasteiger partial charge in [0, 0.05) is 19.3 Å². The zero-order valence-electron chi connectivity index (χ0n) is 13.6. The van der Waals surface area contributed by atoms with E-state index < -0.39 is 0 Å². The van der Waals surface area contributed by atoms with Crippen LogP contribution in [-0.4, -0.2) is 33.2 Å². The number of benzene rings is 1. The third kappa shape index (κ3) is 3.17. The maximum Gasteiger partial charge on any atom is 0.234 e. The van der Waals surface area contributed by atoms with E-state index in [2.05, 4.69) is 5.32 Å². The topological polar surface area (TPSA) is 41.6 Å². The highest BCUT2D eigenvalue weighted by Crippen LogP contribution is 2.45. The number of halogens is 2. The lowest BCUT2D eigenvalue weighted by atomic mass is 9.67. The number of carbonyl (C=O) groups excluding carboxylic acids is 1. The van der Waals surface area contributed by atoms with Crippen molar-refractivity contribution in [2.75, 3.05) is 32.1 Å². The average molecular weight is 359 g/mol. The molecule has 0 bridgehead atoms. The number of rotatable bonds is 3. The van der Waals surface area contributed by atoms with Crippen molar-refractivity contribution in [1.82, 2.24) is 5.32 Å². The predicted octanol–water partition coefficient (Wildman–Crippen LogP) is 3.51. The molecule has 0 aromatic heterocycles. The Morgan fingerprint density at radius 3 is 2.91 bits per heavy atom.